The highest BCUT2D eigenvalue weighted by atomic mass is 32.1. The van der Waals surface area contributed by atoms with E-state index in [1.165, 1.54) is 15.6 Å². The lowest BCUT2D eigenvalue weighted by atomic mass is 10.2. The van der Waals surface area contributed by atoms with Crippen molar-refractivity contribution in [3.8, 4) is 11.3 Å². The van der Waals surface area contributed by atoms with Crippen molar-refractivity contribution in [1.82, 2.24) is 25.2 Å². The highest BCUT2D eigenvalue weighted by Gasteiger charge is 2.10. The maximum atomic E-state index is 4.79. The van der Waals surface area contributed by atoms with Crippen LogP contribution in [0.15, 0.2) is 41.5 Å². The van der Waals surface area contributed by atoms with Crippen molar-refractivity contribution < 1.29 is 0 Å². The van der Waals surface area contributed by atoms with Crippen molar-refractivity contribution in [2.75, 3.05) is 20.1 Å². The smallest absolute Gasteiger partial charge is 0.194 e. The molecule has 2 N–H and O–H groups in total. The van der Waals surface area contributed by atoms with E-state index in [2.05, 4.69) is 53.1 Å². The molecule has 29 heavy (non-hydrogen) atoms. The quantitative estimate of drug-likeness (QED) is 0.434. The predicted molar refractivity (Wildman–Crippen MR) is 121 cm³/mol. The molecule has 2 heterocycles. The van der Waals surface area contributed by atoms with Crippen LogP contribution in [-0.2, 0) is 19.4 Å². The summed E-state index contributed by atoms with van der Waals surface area (Å²) in [6.07, 6.45) is 3.75. The van der Waals surface area contributed by atoms with Gasteiger partial charge in [0.25, 0.3) is 0 Å². The maximum Gasteiger partial charge on any atom is 0.194 e. The highest BCUT2D eigenvalue weighted by Crippen LogP contribution is 2.18. The summed E-state index contributed by atoms with van der Waals surface area (Å²) in [5.74, 6) is 1.80. The van der Waals surface area contributed by atoms with Crippen LogP contribution in [0.2, 0.25) is 0 Å². The third-order valence-electron chi connectivity index (χ3n) is 4.66. The zero-order valence-corrected chi connectivity index (χ0v) is 18.5. The molecule has 0 saturated heterocycles. The Balaban J connectivity index is 1.62. The summed E-state index contributed by atoms with van der Waals surface area (Å²) in [4.78, 5) is 20.9. The third kappa shape index (κ3) is 5.67. The van der Waals surface area contributed by atoms with E-state index < -0.39 is 0 Å². The van der Waals surface area contributed by atoms with Gasteiger partial charge in [0.15, 0.2) is 5.96 Å². The van der Waals surface area contributed by atoms with Gasteiger partial charge in [-0.1, -0.05) is 37.3 Å². The molecule has 0 fully saturated rings. The van der Waals surface area contributed by atoms with Gasteiger partial charge in [0.1, 0.15) is 5.82 Å². The highest BCUT2D eigenvalue weighted by molar-refractivity contribution is 7.11. The van der Waals surface area contributed by atoms with Crippen LogP contribution in [0, 0.1) is 6.92 Å². The summed E-state index contributed by atoms with van der Waals surface area (Å²) in [5, 5.41) is 4.54. The second-order valence-electron chi connectivity index (χ2n) is 6.92. The van der Waals surface area contributed by atoms with Crippen LogP contribution < -0.4 is 5.32 Å². The molecule has 0 atom stereocenters. The van der Waals surface area contributed by atoms with E-state index in [1.54, 1.807) is 11.3 Å². The number of benzene rings is 1. The number of aliphatic imine (C=N–C) groups is 1. The van der Waals surface area contributed by atoms with Crippen LogP contribution in [0.5, 0.6) is 0 Å². The van der Waals surface area contributed by atoms with E-state index >= 15 is 0 Å². The molecule has 0 aliphatic carbocycles. The van der Waals surface area contributed by atoms with E-state index in [4.69, 9.17) is 9.98 Å². The fourth-order valence-electron chi connectivity index (χ4n) is 3.16. The second kappa shape index (κ2) is 10.2. The average Bonchev–Trinajstić information content (AvgIpc) is 3.34. The predicted octanol–water partition coefficient (Wildman–Crippen LogP) is 4.04. The van der Waals surface area contributed by atoms with Gasteiger partial charge in [0.05, 0.1) is 29.1 Å². The molecule has 1 aromatic carbocycles. The SMILES string of the molecule is CCNC(=NCCc1nc(CC)c(C)s1)N(C)Cc1ncc(-c2ccccc2)[nH]1. The topological polar surface area (TPSA) is 69.2 Å². The van der Waals surface area contributed by atoms with Crippen molar-refractivity contribution >= 4 is 17.3 Å². The van der Waals surface area contributed by atoms with Gasteiger partial charge in [0.2, 0.25) is 0 Å². The summed E-state index contributed by atoms with van der Waals surface area (Å²) < 4.78 is 0. The monoisotopic (exact) mass is 410 g/mol. The van der Waals surface area contributed by atoms with Crippen LogP contribution in [0.25, 0.3) is 11.3 Å². The Morgan fingerprint density at radius 1 is 1.24 bits per heavy atom. The van der Waals surface area contributed by atoms with Gasteiger partial charge >= 0.3 is 0 Å². The first kappa shape index (κ1) is 21.0. The molecule has 2 aromatic heterocycles. The molecular formula is C22H30N6S. The minimum absolute atomic E-state index is 0.662. The van der Waals surface area contributed by atoms with Gasteiger partial charge in [0, 0.05) is 31.4 Å². The van der Waals surface area contributed by atoms with Gasteiger partial charge in [-0.3, -0.25) is 4.99 Å². The van der Waals surface area contributed by atoms with Crippen LogP contribution in [0.4, 0.5) is 0 Å². The van der Waals surface area contributed by atoms with Gasteiger partial charge in [-0.25, -0.2) is 9.97 Å². The van der Waals surface area contributed by atoms with Crippen molar-refractivity contribution in [2.24, 2.45) is 4.99 Å². The van der Waals surface area contributed by atoms with Gasteiger partial charge < -0.3 is 15.2 Å². The molecular weight excluding hydrogens is 380 g/mol. The first-order chi connectivity index (χ1) is 14.1. The van der Waals surface area contributed by atoms with Crippen LogP contribution in [0.3, 0.4) is 0 Å². The molecule has 0 aliphatic rings. The van der Waals surface area contributed by atoms with Crippen LogP contribution in [-0.4, -0.2) is 45.9 Å². The number of aryl methyl sites for hydroxylation is 2. The summed E-state index contributed by atoms with van der Waals surface area (Å²) in [7, 11) is 2.04. The first-order valence-electron chi connectivity index (χ1n) is 10.1. The number of hydrogen-bond acceptors (Lipinski definition) is 4. The number of guanidine groups is 1. The number of H-pyrrole nitrogens is 1. The van der Waals surface area contributed by atoms with E-state index in [0.29, 0.717) is 6.54 Å². The molecule has 0 aliphatic heterocycles. The largest absolute Gasteiger partial charge is 0.357 e. The molecule has 154 valence electrons. The Labute approximate surface area is 177 Å². The van der Waals surface area contributed by atoms with Gasteiger partial charge in [-0.15, -0.1) is 11.3 Å². The number of imidazole rings is 1. The van der Waals surface area contributed by atoms with Gasteiger partial charge in [-0.05, 0) is 25.8 Å². The molecule has 0 radical (unpaired) electrons. The minimum Gasteiger partial charge on any atom is -0.357 e. The van der Waals surface area contributed by atoms with E-state index in [0.717, 1.165) is 49.0 Å². The lowest BCUT2D eigenvalue weighted by Gasteiger charge is -2.21. The Morgan fingerprint density at radius 2 is 2.03 bits per heavy atom. The number of thiazole rings is 1. The Morgan fingerprint density at radius 3 is 2.72 bits per heavy atom. The summed E-state index contributed by atoms with van der Waals surface area (Å²) in [6, 6.07) is 10.2. The lowest BCUT2D eigenvalue weighted by Crippen LogP contribution is -2.38. The van der Waals surface area contributed by atoms with Crippen molar-refractivity contribution in [3.63, 3.8) is 0 Å². The van der Waals surface area contributed by atoms with Crippen LogP contribution in [0.1, 0.15) is 35.3 Å². The Bertz CT molecular complexity index is 928. The number of nitrogens with one attached hydrogen (secondary N) is 2. The zero-order chi connectivity index (χ0) is 20.6. The Kier molecular flexibility index (Phi) is 7.41. The van der Waals surface area contributed by atoms with E-state index in [9.17, 15) is 0 Å². The van der Waals surface area contributed by atoms with E-state index in [-0.39, 0.29) is 0 Å². The average molecular weight is 411 g/mol. The summed E-state index contributed by atoms with van der Waals surface area (Å²) in [5.41, 5.74) is 3.38. The zero-order valence-electron chi connectivity index (χ0n) is 17.7. The molecule has 3 aromatic rings. The third-order valence-corrected chi connectivity index (χ3v) is 5.73. The summed E-state index contributed by atoms with van der Waals surface area (Å²) >= 11 is 1.79. The summed E-state index contributed by atoms with van der Waals surface area (Å²) in [6.45, 7) is 8.59. The minimum atomic E-state index is 0.662. The number of aromatic amines is 1. The standard InChI is InChI=1S/C22H30N6S/c1-5-18-16(3)29-21(27-18)12-13-24-22(23-6-2)28(4)15-20-25-14-19(26-20)17-10-8-7-9-11-17/h7-11,14H,5-6,12-13,15H2,1-4H3,(H,23,24)(H,25,26). The van der Waals surface area contributed by atoms with Crippen molar-refractivity contribution in [3.05, 3.63) is 57.9 Å². The van der Waals surface area contributed by atoms with Gasteiger partial charge in [-0.2, -0.15) is 0 Å². The molecule has 0 spiro atoms. The van der Waals surface area contributed by atoms with Crippen molar-refractivity contribution in [1.29, 1.82) is 0 Å². The molecule has 0 unspecified atom stereocenters. The molecule has 3 rings (SSSR count). The normalized spacial score (nSPS) is 11.7. The number of hydrogen-bond donors (Lipinski definition) is 2. The molecule has 0 amide bonds. The first-order valence-corrected chi connectivity index (χ1v) is 11.0. The number of rotatable bonds is 8. The van der Waals surface area contributed by atoms with Crippen LogP contribution >= 0.6 is 11.3 Å². The van der Waals surface area contributed by atoms with E-state index in [1.807, 2.05) is 31.4 Å². The van der Waals surface area contributed by atoms with Crippen molar-refractivity contribution in [2.45, 2.75) is 40.2 Å². The number of nitrogens with zero attached hydrogens (tertiary/aromatic N) is 4. The molecule has 7 heteroatoms. The lowest BCUT2D eigenvalue weighted by molar-refractivity contribution is 0.464. The maximum absolute atomic E-state index is 4.79. The number of aromatic nitrogens is 3. The molecule has 0 saturated carbocycles. The molecule has 6 nitrogen and oxygen atoms in total. The fourth-order valence-corrected chi connectivity index (χ4v) is 4.17. The molecule has 0 bridgehead atoms. The fraction of sp³-hybridized carbons (Fsp3) is 0.409. The second-order valence-corrected chi connectivity index (χ2v) is 8.20. The Hall–Kier alpha value is -2.67.